The van der Waals surface area contributed by atoms with Gasteiger partial charge in [0.1, 0.15) is 17.0 Å². The first kappa shape index (κ1) is 22.6. The molecule has 0 saturated heterocycles. The lowest BCUT2D eigenvalue weighted by Gasteiger charge is -2.15. The van der Waals surface area contributed by atoms with E-state index in [2.05, 4.69) is 0 Å². The predicted molar refractivity (Wildman–Crippen MR) is 137 cm³/mol. The molecule has 5 aromatic rings. The lowest BCUT2D eigenvalue weighted by molar-refractivity contribution is 0.405. The average molecular weight is 469 g/mol. The highest BCUT2D eigenvalue weighted by Crippen LogP contribution is 2.50. The molecule has 0 amide bonds. The molecule has 1 heterocycles. The number of rotatable bonds is 3. The van der Waals surface area contributed by atoms with Crippen molar-refractivity contribution in [1.82, 2.24) is 4.57 Å². The SMILES string of the molecule is Cc1c(O)c(O)c2c3c(O)c(B(O)O)c(C)c(O)c3n(-c3ccc(-c4ccccc4)cc3)c2c1C. The number of aryl methyl sites for hydroxylation is 1. The minimum absolute atomic E-state index is 0.00855. The van der Waals surface area contributed by atoms with Crippen LogP contribution in [0.5, 0.6) is 23.0 Å². The van der Waals surface area contributed by atoms with Crippen LogP contribution in [-0.2, 0) is 0 Å². The molecule has 0 fully saturated rings. The third kappa shape index (κ3) is 3.15. The molecule has 176 valence electrons. The number of aromatic nitrogens is 1. The summed E-state index contributed by atoms with van der Waals surface area (Å²) in [4.78, 5) is 0. The average Bonchev–Trinajstić information content (AvgIpc) is 3.22. The zero-order chi connectivity index (χ0) is 25.2. The Bertz CT molecular complexity index is 1620. The molecule has 4 aromatic carbocycles. The van der Waals surface area contributed by atoms with Crippen LogP contribution >= 0.6 is 0 Å². The van der Waals surface area contributed by atoms with E-state index in [0.717, 1.165) is 11.1 Å². The molecule has 0 aliphatic heterocycles. The summed E-state index contributed by atoms with van der Waals surface area (Å²) in [7, 11) is -2.06. The first-order valence-corrected chi connectivity index (χ1v) is 11.1. The van der Waals surface area contributed by atoms with Crippen molar-refractivity contribution >= 4 is 34.4 Å². The fourth-order valence-electron chi connectivity index (χ4n) is 4.89. The Labute approximate surface area is 201 Å². The molecular weight excluding hydrogens is 445 g/mol. The fraction of sp³-hybridized carbons (Fsp3) is 0.111. The molecule has 0 aliphatic rings. The Kier molecular flexibility index (Phi) is 5.16. The van der Waals surface area contributed by atoms with Crippen molar-refractivity contribution in [3.8, 4) is 39.8 Å². The lowest BCUT2D eigenvalue weighted by Crippen LogP contribution is -2.32. The molecule has 0 atom stereocenters. The number of fused-ring (bicyclic) bond motifs is 3. The third-order valence-corrected chi connectivity index (χ3v) is 6.87. The number of benzene rings is 4. The largest absolute Gasteiger partial charge is 0.508 e. The van der Waals surface area contributed by atoms with Crippen molar-refractivity contribution < 1.29 is 30.5 Å². The van der Waals surface area contributed by atoms with E-state index in [1.807, 2.05) is 54.6 Å². The van der Waals surface area contributed by atoms with Gasteiger partial charge in [-0.15, -0.1) is 0 Å². The van der Waals surface area contributed by atoms with Crippen molar-refractivity contribution in [1.29, 1.82) is 0 Å². The van der Waals surface area contributed by atoms with E-state index in [1.165, 1.54) is 6.92 Å². The quantitative estimate of drug-likeness (QED) is 0.135. The Morgan fingerprint density at radius 2 is 1.14 bits per heavy atom. The van der Waals surface area contributed by atoms with Gasteiger partial charge >= 0.3 is 7.12 Å². The summed E-state index contributed by atoms with van der Waals surface area (Å²) in [6, 6.07) is 17.4. The second-order valence-electron chi connectivity index (χ2n) is 8.75. The van der Waals surface area contributed by atoms with Crippen LogP contribution in [0.2, 0.25) is 0 Å². The minimum atomic E-state index is -2.06. The fourth-order valence-corrected chi connectivity index (χ4v) is 4.89. The molecule has 0 saturated carbocycles. The van der Waals surface area contributed by atoms with Gasteiger partial charge in [-0.05, 0) is 60.7 Å². The van der Waals surface area contributed by atoms with Crippen molar-refractivity contribution in [2.24, 2.45) is 0 Å². The molecule has 0 radical (unpaired) electrons. The van der Waals surface area contributed by atoms with Gasteiger partial charge < -0.3 is 35.0 Å². The van der Waals surface area contributed by atoms with E-state index in [1.54, 1.807) is 18.4 Å². The van der Waals surface area contributed by atoms with Crippen molar-refractivity contribution in [3.63, 3.8) is 0 Å². The van der Waals surface area contributed by atoms with Crippen LogP contribution in [0.4, 0.5) is 0 Å². The van der Waals surface area contributed by atoms with Crippen LogP contribution in [0.1, 0.15) is 16.7 Å². The van der Waals surface area contributed by atoms with E-state index in [0.29, 0.717) is 22.3 Å². The number of phenols is 4. The molecule has 6 N–H and O–H groups in total. The molecule has 8 heteroatoms. The second kappa shape index (κ2) is 7.97. The molecule has 0 spiro atoms. The monoisotopic (exact) mass is 469 g/mol. The number of nitrogens with zero attached hydrogens (tertiary/aromatic N) is 1. The molecule has 0 aliphatic carbocycles. The summed E-state index contributed by atoms with van der Waals surface area (Å²) in [5, 5.41) is 63.7. The summed E-state index contributed by atoms with van der Waals surface area (Å²) in [5.74, 6) is -1.59. The number of hydrogen-bond donors (Lipinski definition) is 6. The molecule has 5 rings (SSSR count). The van der Waals surface area contributed by atoms with Crippen molar-refractivity contribution in [2.45, 2.75) is 20.8 Å². The van der Waals surface area contributed by atoms with Gasteiger partial charge in [-0.3, -0.25) is 0 Å². The standard InChI is InChI=1S/C27H24BNO6/c1-13-14(2)25(31)27(33)19-20-23(24(30)15(3)21(26(20)32)28(34)35)29(22(13)19)18-11-9-17(10-12-18)16-7-5-4-6-8-16/h4-12,30-35H,1-3H3. The first-order valence-electron chi connectivity index (χ1n) is 11.1. The highest BCUT2D eigenvalue weighted by Gasteiger charge is 2.31. The molecular formula is C27H24BNO6. The van der Waals surface area contributed by atoms with Crippen LogP contribution in [0.25, 0.3) is 38.6 Å². The van der Waals surface area contributed by atoms with Gasteiger partial charge in [0, 0.05) is 11.2 Å². The minimum Gasteiger partial charge on any atom is -0.508 e. The van der Waals surface area contributed by atoms with E-state index in [4.69, 9.17) is 0 Å². The Morgan fingerprint density at radius 1 is 0.571 bits per heavy atom. The lowest BCUT2D eigenvalue weighted by atomic mass is 9.75. The number of phenolic OH excluding ortho intramolecular Hbond substituents is 4. The zero-order valence-corrected chi connectivity index (χ0v) is 19.4. The summed E-state index contributed by atoms with van der Waals surface area (Å²) >= 11 is 0. The van der Waals surface area contributed by atoms with Gasteiger partial charge in [0.2, 0.25) is 0 Å². The van der Waals surface area contributed by atoms with Crippen LogP contribution < -0.4 is 5.46 Å². The third-order valence-electron chi connectivity index (χ3n) is 6.87. The molecule has 1 aromatic heterocycles. The van der Waals surface area contributed by atoms with Gasteiger partial charge in [0.05, 0.1) is 16.3 Å². The summed E-state index contributed by atoms with van der Waals surface area (Å²) < 4.78 is 1.70. The Morgan fingerprint density at radius 3 is 1.74 bits per heavy atom. The predicted octanol–water partition coefficient (Wildman–Crippen LogP) is 3.88. The van der Waals surface area contributed by atoms with Crippen LogP contribution in [0.15, 0.2) is 54.6 Å². The van der Waals surface area contributed by atoms with E-state index in [9.17, 15) is 30.5 Å². The van der Waals surface area contributed by atoms with Gasteiger partial charge in [0.25, 0.3) is 0 Å². The topological polar surface area (TPSA) is 126 Å². The van der Waals surface area contributed by atoms with Crippen LogP contribution in [-0.4, -0.2) is 42.2 Å². The Hall–Kier alpha value is -4.14. The normalized spacial score (nSPS) is 11.5. The summed E-state index contributed by atoms with van der Waals surface area (Å²) in [5.41, 5.74) is 4.19. The highest BCUT2D eigenvalue weighted by atomic mass is 16.4. The number of hydrogen-bond acceptors (Lipinski definition) is 6. The number of aromatic hydroxyl groups is 4. The van der Waals surface area contributed by atoms with Crippen molar-refractivity contribution in [3.05, 3.63) is 71.3 Å². The molecule has 0 bridgehead atoms. The van der Waals surface area contributed by atoms with Gasteiger partial charge in [-0.25, -0.2) is 0 Å². The Balaban J connectivity index is 1.96. The van der Waals surface area contributed by atoms with E-state index < -0.39 is 18.6 Å². The molecule has 7 nitrogen and oxygen atoms in total. The molecule has 0 unspecified atom stereocenters. The van der Waals surface area contributed by atoms with Crippen molar-refractivity contribution in [2.75, 3.05) is 0 Å². The summed E-state index contributed by atoms with van der Waals surface area (Å²) in [6.07, 6.45) is 0. The van der Waals surface area contributed by atoms with Crippen LogP contribution in [0, 0.1) is 20.8 Å². The maximum Gasteiger partial charge on any atom is 0.492 e. The maximum absolute atomic E-state index is 11.2. The van der Waals surface area contributed by atoms with E-state index in [-0.39, 0.29) is 38.8 Å². The van der Waals surface area contributed by atoms with E-state index >= 15 is 0 Å². The summed E-state index contributed by atoms with van der Waals surface area (Å²) in [6.45, 7) is 4.91. The maximum atomic E-state index is 11.2. The zero-order valence-electron chi connectivity index (χ0n) is 19.4. The van der Waals surface area contributed by atoms with Gasteiger partial charge in [-0.2, -0.15) is 0 Å². The molecule has 35 heavy (non-hydrogen) atoms. The highest BCUT2D eigenvalue weighted by molar-refractivity contribution is 6.61. The van der Waals surface area contributed by atoms with Gasteiger partial charge in [0.15, 0.2) is 11.5 Å². The van der Waals surface area contributed by atoms with Crippen LogP contribution in [0.3, 0.4) is 0 Å². The first-order chi connectivity index (χ1) is 16.6. The second-order valence-corrected chi connectivity index (χ2v) is 8.75. The smallest absolute Gasteiger partial charge is 0.492 e. The van der Waals surface area contributed by atoms with Gasteiger partial charge in [-0.1, -0.05) is 42.5 Å².